The highest BCUT2D eigenvalue weighted by molar-refractivity contribution is 5.86. The molecule has 0 atom stereocenters. The molecule has 15 heavy (non-hydrogen) atoms. The molecule has 0 radical (unpaired) electrons. The highest BCUT2D eigenvalue weighted by Crippen LogP contribution is 2.16. The van der Waals surface area contributed by atoms with E-state index in [4.69, 9.17) is 5.73 Å². The van der Waals surface area contributed by atoms with Gasteiger partial charge in [-0.1, -0.05) is 27.7 Å². The number of aromatic nitrogens is 3. The fourth-order valence-corrected chi connectivity index (χ4v) is 1.07. The van der Waals surface area contributed by atoms with Crippen LogP contribution in [0, 0.1) is 0 Å². The quantitative estimate of drug-likeness (QED) is 0.724. The first kappa shape index (κ1) is 13.4. The summed E-state index contributed by atoms with van der Waals surface area (Å²) in [7, 11) is 1.84. The lowest BCUT2D eigenvalue weighted by molar-refractivity contribution is 0.786. The minimum atomic E-state index is 0.725. The van der Waals surface area contributed by atoms with Crippen LogP contribution in [0.5, 0.6) is 0 Å². The summed E-state index contributed by atoms with van der Waals surface area (Å²) in [5.41, 5.74) is 7.23. The number of pyridine rings is 1. The van der Waals surface area contributed by atoms with E-state index in [1.54, 1.807) is 23.1 Å². The van der Waals surface area contributed by atoms with E-state index in [-0.39, 0.29) is 0 Å². The molecule has 0 saturated heterocycles. The molecule has 0 spiro atoms. The largest absolute Gasteiger partial charge is 0.398 e. The van der Waals surface area contributed by atoms with Crippen molar-refractivity contribution in [3.63, 3.8) is 0 Å². The van der Waals surface area contributed by atoms with Crippen molar-refractivity contribution >= 4 is 16.7 Å². The molecule has 0 unspecified atom stereocenters. The Hall–Kier alpha value is -1.58. The normalized spacial score (nSPS) is 8.60. The summed E-state index contributed by atoms with van der Waals surface area (Å²) in [4.78, 5) is 4.12. The maximum absolute atomic E-state index is 5.68. The van der Waals surface area contributed by atoms with Crippen LogP contribution >= 0.6 is 0 Å². The van der Waals surface area contributed by atoms with Gasteiger partial charge in [-0.05, 0) is 6.07 Å². The van der Waals surface area contributed by atoms with E-state index in [9.17, 15) is 0 Å². The summed E-state index contributed by atoms with van der Waals surface area (Å²) in [5.74, 6) is 0. The topological polar surface area (TPSA) is 56.7 Å². The number of nitrogens with two attached hydrogens (primary N) is 1. The number of nitrogen functional groups attached to an aromatic ring is 1. The number of anilines is 1. The van der Waals surface area contributed by atoms with Gasteiger partial charge >= 0.3 is 0 Å². The van der Waals surface area contributed by atoms with Crippen molar-refractivity contribution in [1.82, 2.24) is 14.8 Å². The van der Waals surface area contributed by atoms with Crippen LogP contribution in [-0.4, -0.2) is 14.8 Å². The van der Waals surface area contributed by atoms with Gasteiger partial charge in [0.1, 0.15) is 0 Å². The van der Waals surface area contributed by atoms with E-state index >= 15 is 0 Å². The molecule has 84 valence electrons. The molecular formula is C11H20N4. The van der Waals surface area contributed by atoms with Gasteiger partial charge in [0, 0.05) is 18.9 Å². The van der Waals surface area contributed by atoms with Gasteiger partial charge in [0.15, 0.2) is 5.65 Å². The molecule has 4 heteroatoms. The summed E-state index contributed by atoms with van der Waals surface area (Å²) in [6.07, 6.45) is 3.40. The SMILES string of the molecule is CC.CC.Cn1ncc2c(N)ccnc21. The third-order valence-electron chi connectivity index (χ3n) is 1.67. The molecule has 4 nitrogen and oxygen atoms in total. The van der Waals surface area contributed by atoms with Crippen molar-refractivity contribution in [2.75, 3.05) is 5.73 Å². The van der Waals surface area contributed by atoms with Gasteiger partial charge in [-0.2, -0.15) is 5.10 Å². The fraction of sp³-hybridized carbons (Fsp3) is 0.455. The summed E-state index contributed by atoms with van der Waals surface area (Å²) >= 11 is 0. The maximum atomic E-state index is 5.68. The van der Waals surface area contributed by atoms with Crippen LogP contribution in [0.25, 0.3) is 11.0 Å². The molecule has 0 aliphatic heterocycles. The molecule has 0 aliphatic rings. The van der Waals surface area contributed by atoms with E-state index in [1.165, 1.54) is 0 Å². The lowest BCUT2D eigenvalue weighted by Crippen LogP contribution is -1.92. The highest BCUT2D eigenvalue weighted by atomic mass is 15.3. The number of rotatable bonds is 0. The smallest absolute Gasteiger partial charge is 0.159 e. The van der Waals surface area contributed by atoms with Gasteiger partial charge in [0.05, 0.1) is 11.6 Å². The van der Waals surface area contributed by atoms with Crippen molar-refractivity contribution in [2.24, 2.45) is 7.05 Å². The molecule has 0 amide bonds. The Morgan fingerprint density at radius 1 is 1.20 bits per heavy atom. The lowest BCUT2D eigenvalue weighted by Gasteiger charge is -1.94. The van der Waals surface area contributed by atoms with E-state index in [0.717, 1.165) is 16.7 Å². The second-order valence-electron chi connectivity index (χ2n) is 2.41. The number of hydrogen-bond acceptors (Lipinski definition) is 3. The van der Waals surface area contributed by atoms with Crippen molar-refractivity contribution in [2.45, 2.75) is 27.7 Å². The minimum absolute atomic E-state index is 0.725. The Morgan fingerprint density at radius 2 is 1.80 bits per heavy atom. The molecule has 2 N–H and O–H groups in total. The van der Waals surface area contributed by atoms with Crippen molar-refractivity contribution in [1.29, 1.82) is 0 Å². The predicted molar refractivity (Wildman–Crippen MR) is 65.6 cm³/mol. The molecule has 2 aromatic rings. The molecule has 0 bridgehead atoms. The Labute approximate surface area is 91.1 Å². The molecule has 2 aromatic heterocycles. The van der Waals surface area contributed by atoms with Crippen LogP contribution in [0.2, 0.25) is 0 Å². The Kier molecular flexibility index (Phi) is 6.09. The first-order valence-electron chi connectivity index (χ1n) is 5.31. The summed E-state index contributed by atoms with van der Waals surface area (Å²) in [6.45, 7) is 8.00. The average Bonchev–Trinajstić information content (AvgIpc) is 2.68. The monoisotopic (exact) mass is 208 g/mol. The third kappa shape index (κ3) is 2.94. The minimum Gasteiger partial charge on any atom is -0.398 e. The van der Waals surface area contributed by atoms with Crippen LogP contribution in [0.4, 0.5) is 5.69 Å². The molecule has 2 rings (SSSR count). The zero-order valence-corrected chi connectivity index (χ0v) is 10.2. The molecule has 0 saturated carbocycles. The van der Waals surface area contributed by atoms with E-state index < -0.39 is 0 Å². The number of aryl methyl sites for hydroxylation is 1. The van der Waals surface area contributed by atoms with Crippen LogP contribution in [0.1, 0.15) is 27.7 Å². The van der Waals surface area contributed by atoms with Gasteiger partial charge in [-0.25, -0.2) is 4.98 Å². The number of fused-ring (bicyclic) bond motifs is 1. The first-order chi connectivity index (χ1) is 7.29. The molecule has 0 fully saturated rings. The van der Waals surface area contributed by atoms with Crippen LogP contribution < -0.4 is 5.73 Å². The van der Waals surface area contributed by atoms with Gasteiger partial charge in [0.25, 0.3) is 0 Å². The van der Waals surface area contributed by atoms with Crippen molar-refractivity contribution < 1.29 is 0 Å². The first-order valence-corrected chi connectivity index (χ1v) is 5.31. The third-order valence-corrected chi connectivity index (χ3v) is 1.67. The summed E-state index contributed by atoms with van der Waals surface area (Å²) in [6, 6.07) is 1.77. The summed E-state index contributed by atoms with van der Waals surface area (Å²) in [5, 5.41) is 4.94. The highest BCUT2D eigenvalue weighted by Gasteiger charge is 2.01. The van der Waals surface area contributed by atoms with Crippen molar-refractivity contribution in [3.8, 4) is 0 Å². The second kappa shape index (κ2) is 6.81. The lowest BCUT2D eigenvalue weighted by atomic mass is 10.3. The molecular weight excluding hydrogens is 188 g/mol. The van der Waals surface area contributed by atoms with Crippen LogP contribution in [0.15, 0.2) is 18.5 Å². The summed E-state index contributed by atoms with van der Waals surface area (Å²) < 4.78 is 1.70. The molecule has 0 aliphatic carbocycles. The number of nitrogens with zero attached hydrogens (tertiary/aromatic N) is 3. The van der Waals surface area contributed by atoms with E-state index in [1.807, 2.05) is 34.7 Å². The molecule has 0 aromatic carbocycles. The second-order valence-corrected chi connectivity index (χ2v) is 2.41. The zero-order chi connectivity index (χ0) is 11.8. The Bertz CT molecular complexity index is 392. The maximum Gasteiger partial charge on any atom is 0.159 e. The van der Waals surface area contributed by atoms with Gasteiger partial charge in [0.2, 0.25) is 0 Å². The van der Waals surface area contributed by atoms with Crippen molar-refractivity contribution in [3.05, 3.63) is 18.5 Å². The Balaban J connectivity index is 0.000000442. The van der Waals surface area contributed by atoms with Crippen LogP contribution in [-0.2, 0) is 7.05 Å². The Morgan fingerprint density at radius 3 is 2.33 bits per heavy atom. The standard InChI is InChI=1S/C7H8N4.2C2H6/c1-11-7-5(4-10-11)6(8)2-3-9-7;2*1-2/h2-4H,1H3,(H2,8,9);2*1-2H3. The fourth-order valence-electron chi connectivity index (χ4n) is 1.07. The van der Waals surface area contributed by atoms with E-state index in [0.29, 0.717) is 0 Å². The number of hydrogen-bond donors (Lipinski definition) is 1. The average molecular weight is 208 g/mol. The predicted octanol–water partition coefficient (Wildman–Crippen LogP) is 2.60. The van der Waals surface area contributed by atoms with Crippen LogP contribution in [0.3, 0.4) is 0 Å². The zero-order valence-electron chi connectivity index (χ0n) is 10.2. The molecule has 2 heterocycles. The van der Waals surface area contributed by atoms with Gasteiger partial charge in [-0.15, -0.1) is 0 Å². The van der Waals surface area contributed by atoms with Gasteiger partial charge < -0.3 is 5.73 Å². The van der Waals surface area contributed by atoms with Gasteiger partial charge in [-0.3, -0.25) is 4.68 Å². The van der Waals surface area contributed by atoms with E-state index in [2.05, 4.69) is 10.1 Å².